The van der Waals surface area contributed by atoms with E-state index in [1.807, 2.05) is 41.5 Å². The molecular weight excluding hydrogens is 288 g/mol. The summed E-state index contributed by atoms with van der Waals surface area (Å²) in [5, 5.41) is 30.2. The zero-order chi connectivity index (χ0) is 17.1. The van der Waals surface area contributed by atoms with Crippen LogP contribution in [0.2, 0.25) is 0 Å². The fraction of sp³-hybridized carbons (Fsp3) is 1.00. The molecule has 0 spiro atoms. The monoisotopic (exact) mass is 320 g/mol. The third kappa shape index (κ3) is 5.44. The van der Waals surface area contributed by atoms with Gasteiger partial charge in [0, 0.05) is 0 Å². The first-order valence-corrected chi connectivity index (χ1v) is 7.99. The van der Waals surface area contributed by atoms with E-state index in [0.717, 1.165) is 12.8 Å². The highest BCUT2D eigenvalue weighted by Gasteiger charge is 2.48. The second kappa shape index (κ2) is 7.55. The number of hydrogen-bond acceptors (Lipinski definition) is 6. The highest BCUT2D eigenvalue weighted by molar-refractivity contribution is 4.92. The van der Waals surface area contributed by atoms with E-state index in [0.29, 0.717) is 0 Å². The summed E-state index contributed by atoms with van der Waals surface area (Å²) in [4.78, 5) is 0. The number of aliphatic hydroxyl groups excluding tert-OH is 3. The molecule has 0 aromatic carbocycles. The van der Waals surface area contributed by atoms with Gasteiger partial charge in [-0.2, -0.15) is 0 Å². The van der Waals surface area contributed by atoms with Gasteiger partial charge >= 0.3 is 0 Å². The minimum Gasteiger partial charge on any atom is -0.394 e. The first kappa shape index (κ1) is 19.8. The van der Waals surface area contributed by atoms with E-state index in [9.17, 15) is 15.3 Å². The molecular formula is C16H32O6. The van der Waals surface area contributed by atoms with E-state index in [-0.39, 0.29) is 6.61 Å². The lowest BCUT2D eigenvalue weighted by atomic mass is 9.96. The fourth-order valence-electron chi connectivity index (χ4n) is 2.67. The summed E-state index contributed by atoms with van der Waals surface area (Å²) in [7, 11) is 0. The summed E-state index contributed by atoms with van der Waals surface area (Å²) in [5.74, 6) is 0. The van der Waals surface area contributed by atoms with Crippen molar-refractivity contribution < 1.29 is 29.5 Å². The van der Waals surface area contributed by atoms with Crippen LogP contribution in [0.5, 0.6) is 0 Å². The van der Waals surface area contributed by atoms with Crippen molar-refractivity contribution in [3.05, 3.63) is 0 Å². The molecule has 1 fully saturated rings. The molecule has 1 aliphatic rings. The molecule has 5 unspecified atom stereocenters. The normalized spacial score (nSPS) is 34.0. The summed E-state index contributed by atoms with van der Waals surface area (Å²) in [6, 6.07) is 0. The second-order valence-corrected chi connectivity index (χ2v) is 7.53. The van der Waals surface area contributed by atoms with Crippen LogP contribution in [0, 0.1) is 0 Å². The van der Waals surface area contributed by atoms with Crippen molar-refractivity contribution in [2.24, 2.45) is 0 Å². The lowest BCUT2D eigenvalue weighted by molar-refractivity contribution is -0.335. The van der Waals surface area contributed by atoms with Gasteiger partial charge in [0.25, 0.3) is 0 Å². The maximum Gasteiger partial charge on any atom is 0.187 e. The van der Waals surface area contributed by atoms with Crippen molar-refractivity contribution in [3.8, 4) is 0 Å². The highest BCUT2D eigenvalue weighted by Crippen LogP contribution is 2.30. The van der Waals surface area contributed by atoms with Crippen LogP contribution in [0.15, 0.2) is 0 Å². The van der Waals surface area contributed by atoms with Gasteiger partial charge in [-0.25, -0.2) is 0 Å². The van der Waals surface area contributed by atoms with Crippen molar-refractivity contribution in [3.63, 3.8) is 0 Å². The van der Waals surface area contributed by atoms with Crippen molar-refractivity contribution in [2.75, 3.05) is 6.61 Å². The van der Waals surface area contributed by atoms with E-state index in [1.54, 1.807) is 0 Å². The largest absolute Gasteiger partial charge is 0.394 e. The van der Waals surface area contributed by atoms with E-state index in [4.69, 9.17) is 14.2 Å². The van der Waals surface area contributed by atoms with Gasteiger partial charge in [-0.15, -0.1) is 0 Å². The predicted octanol–water partition coefficient (Wildman–Crippen LogP) is 1.20. The second-order valence-electron chi connectivity index (χ2n) is 7.53. The standard InChI is InChI=1S/C16H32O6/c1-7-8-16(5,6)21-13-10(9-17)20-14(12(19)11(13)18)22-15(2,3)4/h10-14,17-19H,7-9H2,1-6H3. The minimum absolute atomic E-state index is 0.319. The van der Waals surface area contributed by atoms with E-state index in [2.05, 4.69) is 0 Å². The van der Waals surface area contributed by atoms with Crippen LogP contribution in [-0.2, 0) is 14.2 Å². The van der Waals surface area contributed by atoms with Crippen molar-refractivity contribution in [1.29, 1.82) is 0 Å². The van der Waals surface area contributed by atoms with Crippen LogP contribution in [0.1, 0.15) is 54.4 Å². The Hall–Kier alpha value is -0.240. The first-order valence-electron chi connectivity index (χ1n) is 7.99. The molecule has 1 heterocycles. The summed E-state index contributed by atoms with van der Waals surface area (Å²) < 4.78 is 17.2. The average Bonchev–Trinajstić information content (AvgIpc) is 2.36. The summed E-state index contributed by atoms with van der Waals surface area (Å²) in [6.07, 6.45) is -3.24. The molecule has 0 radical (unpaired) electrons. The molecule has 5 atom stereocenters. The number of rotatable bonds is 6. The Balaban J connectivity index is 2.84. The van der Waals surface area contributed by atoms with Crippen LogP contribution < -0.4 is 0 Å². The maximum atomic E-state index is 10.4. The van der Waals surface area contributed by atoms with E-state index >= 15 is 0 Å². The predicted molar refractivity (Wildman–Crippen MR) is 82.5 cm³/mol. The van der Waals surface area contributed by atoms with E-state index in [1.165, 1.54) is 0 Å². The maximum absolute atomic E-state index is 10.4. The van der Waals surface area contributed by atoms with Crippen LogP contribution in [0.3, 0.4) is 0 Å². The molecule has 0 amide bonds. The van der Waals surface area contributed by atoms with E-state index < -0.39 is 41.9 Å². The van der Waals surface area contributed by atoms with Crippen LogP contribution in [0.4, 0.5) is 0 Å². The fourth-order valence-corrected chi connectivity index (χ4v) is 2.67. The molecule has 0 aliphatic carbocycles. The van der Waals surface area contributed by atoms with Gasteiger partial charge in [-0.1, -0.05) is 13.3 Å². The van der Waals surface area contributed by atoms with Gasteiger partial charge in [-0.05, 0) is 41.0 Å². The summed E-state index contributed by atoms with van der Waals surface area (Å²) in [6.45, 7) is 11.1. The zero-order valence-electron chi connectivity index (χ0n) is 14.6. The number of ether oxygens (including phenoxy) is 3. The number of hydrogen-bond donors (Lipinski definition) is 3. The Morgan fingerprint density at radius 3 is 2.05 bits per heavy atom. The van der Waals surface area contributed by atoms with Crippen molar-refractivity contribution >= 4 is 0 Å². The van der Waals surface area contributed by atoms with Gasteiger partial charge in [0.05, 0.1) is 17.8 Å². The Labute approximate surface area is 133 Å². The zero-order valence-corrected chi connectivity index (χ0v) is 14.6. The Kier molecular flexibility index (Phi) is 6.80. The molecule has 6 nitrogen and oxygen atoms in total. The third-order valence-corrected chi connectivity index (χ3v) is 3.60. The minimum atomic E-state index is -1.23. The molecule has 22 heavy (non-hydrogen) atoms. The lowest BCUT2D eigenvalue weighted by Gasteiger charge is -2.45. The third-order valence-electron chi connectivity index (χ3n) is 3.60. The molecule has 0 aromatic rings. The van der Waals surface area contributed by atoms with Crippen LogP contribution >= 0.6 is 0 Å². The Bertz CT molecular complexity index is 336. The Morgan fingerprint density at radius 2 is 1.59 bits per heavy atom. The molecule has 0 saturated carbocycles. The summed E-state index contributed by atoms with van der Waals surface area (Å²) >= 11 is 0. The van der Waals surface area contributed by atoms with Crippen molar-refractivity contribution in [2.45, 2.75) is 96.3 Å². The summed E-state index contributed by atoms with van der Waals surface area (Å²) in [5.41, 5.74) is -1.02. The van der Waals surface area contributed by atoms with Gasteiger partial charge in [-0.3, -0.25) is 0 Å². The lowest BCUT2D eigenvalue weighted by Crippen LogP contribution is -2.62. The van der Waals surface area contributed by atoms with Gasteiger partial charge in [0.2, 0.25) is 0 Å². The number of aliphatic hydroxyl groups is 3. The molecule has 3 N–H and O–H groups in total. The van der Waals surface area contributed by atoms with Gasteiger partial charge in [0.1, 0.15) is 24.4 Å². The van der Waals surface area contributed by atoms with Crippen molar-refractivity contribution in [1.82, 2.24) is 0 Å². The molecule has 6 heteroatoms. The van der Waals surface area contributed by atoms with Gasteiger partial charge in [0.15, 0.2) is 6.29 Å². The highest BCUT2D eigenvalue weighted by atomic mass is 16.7. The molecule has 132 valence electrons. The van der Waals surface area contributed by atoms with Crippen LogP contribution in [0.25, 0.3) is 0 Å². The van der Waals surface area contributed by atoms with Crippen LogP contribution in [-0.4, -0.2) is 63.8 Å². The smallest absolute Gasteiger partial charge is 0.187 e. The molecule has 1 aliphatic heterocycles. The average molecular weight is 320 g/mol. The first-order chi connectivity index (χ1) is 10.0. The SMILES string of the molecule is CCCC(C)(C)OC1C(CO)OC(OC(C)(C)C)C(O)C1O. The molecule has 0 bridgehead atoms. The van der Waals surface area contributed by atoms with Gasteiger partial charge < -0.3 is 29.5 Å². The molecule has 0 aromatic heterocycles. The molecule has 1 saturated heterocycles. The molecule has 1 rings (SSSR count). The Morgan fingerprint density at radius 1 is 1.00 bits per heavy atom. The quantitative estimate of drug-likeness (QED) is 0.682. The topological polar surface area (TPSA) is 88.4 Å².